The van der Waals surface area contributed by atoms with Crippen LogP contribution in [0.5, 0.6) is 0 Å². The fourth-order valence-electron chi connectivity index (χ4n) is 2.71. The van der Waals surface area contributed by atoms with Crippen LogP contribution in [0.1, 0.15) is 29.6 Å². The van der Waals surface area contributed by atoms with Crippen molar-refractivity contribution in [3.05, 3.63) is 38.9 Å². The number of hydrogen-bond acceptors (Lipinski definition) is 4. The first kappa shape index (κ1) is 15.7. The van der Waals surface area contributed by atoms with Crippen molar-refractivity contribution < 1.29 is 14.8 Å². The molecule has 114 valence electrons. The van der Waals surface area contributed by atoms with Gasteiger partial charge in [-0.2, -0.15) is 0 Å². The zero-order valence-electron chi connectivity index (χ0n) is 11.7. The van der Waals surface area contributed by atoms with Gasteiger partial charge in [-0.3, -0.25) is 14.9 Å². The first-order chi connectivity index (χ1) is 9.90. The lowest BCUT2D eigenvalue weighted by Gasteiger charge is -2.23. The van der Waals surface area contributed by atoms with Crippen LogP contribution < -0.4 is 0 Å². The molecule has 1 amide bonds. The molecule has 1 aromatic carbocycles. The molecule has 1 aliphatic carbocycles. The van der Waals surface area contributed by atoms with E-state index in [2.05, 4.69) is 0 Å². The van der Waals surface area contributed by atoms with Crippen LogP contribution >= 0.6 is 11.6 Å². The Kier molecular flexibility index (Phi) is 4.80. The smallest absolute Gasteiger partial charge is 0.282 e. The molecule has 1 fully saturated rings. The molecule has 0 spiro atoms. The number of benzene rings is 1. The summed E-state index contributed by atoms with van der Waals surface area (Å²) in [5.41, 5.74) is -0.286. The van der Waals surface area contributed by atoms with E-state index in [0.29, 0.717) is 6.54 Å². The number of nitrogens with zero attached hydrogens (tertiary/aromatic N) is 2. The van der Waals surface area contributed by atoms with E-state index in [1.165, 1.54) is 23.1 Å². The van der Waals surface area contributed by atoms with Crippen LogP contribution in [0, 0.1) is 16.0 Å². The fraction of sp³-hybridized carbons (Fsp3) is 0.500. The Morgan fingerprint density at radius 3 is 2.81 bits per heavy atom. The third kappa shape index (κ3) is 3.51. The minimum Gasteiger partial charge on any atom is -0.393 e. The van der Waals surface area contributed by atoms with Crippen LogP contribution in [0.4, 0.5) is 5.69 Å². The van der Waals surface area contributed by atoms with E-state index in [9.17, 15) is 20.0 Å². The number of rotatable bonds is 4. The van der Waals surface area contributed by atoms with Crippen LogP contribution in [-0.2, 0) is 0 Å². The fourth-order valence-corrected chi connectivity index (χ4v) is 2.88. The summed E-state index contributed by atoms with van der Waals surface area (Å²) in [7, 11) is 1.58. The third-order valence-corrected chi connectivity index (χ3v) is 4.09. The monoisotopic (exact) mass is 312 g/mol. The predicted molar refractivity (Wildman–Crippen MR) is 78.4 cm³/mol. The zero-order valence-corrected chi connectivity index (χ0v) is 12.4. The van der Waals surface area contributed by atoms with Gasteiger partial charge >= 0.3 is 0 Å². The average Bonchev–Trinajstić information content (AvgIpc) is 2.83. The predicted octanol–water partition coefficient (Wildman–Crippen LogP) is 2.48. The molecule has 0 aliphatic heterocycles. The number of carbonyl (C=O) groups is 1. The zero-order chi connectivity index (χ0) is 15.6. The standard InChI is InChI=1S/C14H17ClN2O4/c1-16(8-9-3-2-4-13(9)18)14(19)11-7-10(15)5-6-12(11)17(20)21/h5-7,9,13,18H,2-4,8H2,1H3. The average molecular weight is 313 g/mol. The van der Waals surface area contributed by atoms with Crippen LogP contribution in [0.2, 0.25) is 5.02 Å². The number of aliphatic hydroxyl groups excluding tert-OH is 1. The maximum absolute atomic E-state index is 12.4. The van der Waals surface area contributed by atoms with Gasteiger partial charge in [0.15, 0.2) is 0 Å². The molecular weight excluding hydrogens is 296 g/mol. The lowest BCUT2D eigenvalue weighted by atomic mass is 10.0. The molecule has 2 atom stereocenters. The number of carbonyl (C=O) groups excluding carboxylic acids is 1. The first-order valence-corrected chi connectivity index (χ1v) is 7.15. The third-order valence-electron chi connectivity index (χ3n) is 3.86. The lowest BCUT2D eigenvalue weighted by molar-refractivity contribution is -0.385. The van der Waals surface area contributed by atoms with Crippen LogP contribution in [0.15, 0.2) is 18.2 Å². The molecule has 1 saturated carbocycles. The van der Waals surface area contributed by atoms with Crippen molar-refractivity contribution in [1.82, 2.24) is 4.90 Å². The minimum atomic E-state index is -0.595. The van der Waals surface area contributed by atoms with Gasteiger partial charge in [0.05, 0.1) is 11.0 Å². The number of hydrogen-bond donors (Lipinski definition) is 1. The molecule has 7 heteroatoms. The summed E-state index contributed by atoms with van der Waals surface area (Å²) >= 11 is 5.83. The Morgan fingerprint density at radius 2 is 2.24 bits per heavy atom. The van der Waals surface area contributed by atoms with E-state index >= 15 is 0 Å². The van der Waals surface area contributed by atoms with E-state index < -0.39 is 16.9 Å². The second-order valence-electron chi connectivity index (χ2n) is 5.36. The number of nitro groups is 1. The molecule has 2 rings (SSSR count). The Morgan fingerprint density at radius 1 is 1.52 bits per heavy atom. The summed E-state index contributed by atoms with van der Waals surface area (Å²) in [5, 5.41) is 21.1. The van der Waals surface area contributed by atoms with Crippen molar-refractivity contribution >= 4 is 23.2 Å². The second kappa shape index (κ2) is 6.41. The topological polar surface area (TPSA) is 83.7 Å². The molecule has 0 aromatic heterocycles. The van der Waals surface area contributed by atoms with E-state index in [0.717, 1.165) is 19.3 Å². The Hall–Kier alpha value is -1.66. The number of halogens is 1. The van der Waals surface area contributed by atoms with Gasteiger partial charge in [-0.1, -0.05) is 18.0 Å². The summed E-state index contributed by atoms with van der Waals surface area (Å²) in [6.45, 7) is 0.379. The lowest BCUT2D eigenvalue weighted by Crippen LogP contribution is -2.34. The van der Waals surface area contributed by atoms with Gasteiger partial charge in [0, 0.05) is 30.6 Å². The molecule has 1 N–H and O–H groups in total. The molecular formula is C14H17ClN2O4. The van der Waals surface area contributed by atoms with Gasteiger partial charge in [0.1, 0.15) is 5.56 Å². The first-order valence-electron chi connectivity index (χ1n) is 6.77. The van der Waals surface area contributed by atoms with Gasteiger partial charge in [0.2, 0.25) is 0 Å². The molecule has 6 nitrogen and oxygen atoms in total. The van der Waals surface area contributed by atoms with Crippen molar-refractivity contribution in [2.75, 3.05) is 13.6 Å². The normalized spacial score (nSPS) is 21.3. The summed E-state index contributed by atoms with van der Waals surface area (Å²) in [6.07, 6.45) is 2.13. The Labute approximate surface area is 127 Å². The van der Waals surface area contributed by atoms with Crippen molar-refractivity contribution in [3.63, 3.8) is 0 Å². The van der Waals surface area contributed by atoms with Crippen molar-refractivity contribution in [2.24, 2.45) is 5.92 Å². The summed E-state index contributed by atoms with van der Waals surface area (Å²) in [5.74, 6) is -0.430. The van der Waals surface area contributed by atoms with Crippen molar-refractivity contribution in [1.29, 1.82) is 0 Å². The van der Waals surface area contributed by atoms with Gasteiger partial charge in [0.25, 0.3) is 11.6 Å². The van der Waals surface area contributed by atoms with Gasteiger partial charge in [-0.15, -0.1) is 0 Å². The number of amides is 1. The molecule has 21 heavy (non-hydrogen) atoms. The quantitative estimate of drug-likeness (QED) is 0.684. The molecule has 2 unspecified atom stereocenters. The largest absolute Gasteiger partial charge is 0.393 e. The highest BCUT2D eigenvalue weighted by Crippen LogP contribution is 2.28. The van der Waals surface area contributed by atoms with Gasteiger partial charge < -0.3 is 10.0 Å². The van der Waals surface area contributed by atoms with Gasteiger partial charge in [-0.25, -0.2) is 0 Å². The van der Waals surface area contributed by atoms with E-state index in [-0.39, 0.29) is 22.2 Å². The molecule has 0 radical (unpaired) electrons. The molecule has 0 bridgehead atoms. The molecule has 1 aliphatic rings. The highest BCUT2D eigenvalue weighted by atomic mass is 35.5. The maximum atomic E-state index is 12.4. The van der Waals surface area contributed by atoms with E-state index in [1.54, 1.807) is 7.05 Å². The second-order valence-corrected chi connectivity index (χ2v) is 5.80. The summed E-state index contributed by atoms with van der Waals surface area (Å²) < 4.78 is 0. The van der Waals surface area contributed by atoms with E-state index in [1.807, 2.05) is 0 Å². The SMILES string of the molecule is CN(CC1CCCC1O)C(=O)c1cc(Cl)ccc1[N+](=O)[O-]. The van der Waals surface area contributed by atoms with Gasteiger partial charge in [-0.05, 0) is 25.0 Å². The van der Waals surface area contributed by atoms with Crippen molar-refractivity contribution in [3.8, 4) is 0 Å². The van der Waals surface area contributed by atoms with Crippen LogP contribution in [0.25, 0.3) is 0 Å². The summed E-state index contributed by atoms with van der Waals surface area (Å²) in [6, 6.07) is 3.93. The van der Waals surface area contributed by atoms with Crippen molar-refractivity contribution in [2.45, 2.75) is 25.4 Å². The van der Waals surface area contributed by atoms with Crippen LogP contribution in [-0.4, -0.2) is 40.5 Å². The minimum absolute atomic E-state index is 0.0252. The molecule has 0 heterocycles. The Balaban J connectivity index is 2.19. The molecule has 1 aromatic rings. The summed E-state index contributed by atoms with van der Waals surface area (Å²) in [4.78, 5) is 24.2. The highest BCUT2D eigenvalue weighted by molar-refractivity contribution is 6.31. The Bertz CT molecular complexity index is 564. The van der Waals surface area contributed by atoms with E-state index in [4.69, 9.17) is 11.6 Å². The highest BCUT2D eigenvalue weighted by Gasteiger charge is 2.29. The maximum Gasteiger partial charge on any atom is 0.282 e. The molecule has 0 saturated heterocycles. The van der Waals surface area contributed by atoms with Crippen LogP contribution in [0.3, 0.4) is 0 Å². The number of aliphatic hydroxyl groups is 1. The number of nitro benzene ring substituents is 1.